The molecule has 3 aromatic rings. The van der Waals surface area contributed by atoms with E-state index in [1.54, 1.807) is 24.3 Å². The summed E-state index contributed by atoms with van der Waals surface area (Å²) in [5, 5.41) is 19.8. The van der Waals surface area contributed by atoms with E-state index >= 15 is 0 Å². The number of carboxylic acid groups (broad SMARTS) is 1. The Morgan fingerprint density at radius 2 is 1.69 bits per heavy atom. The molecule has 1 aliphatic rings. The van der Waals surface area contributed by atoms with E-state index < -0.39 is 48.0 Å². The summed E-state index contributed by atoms with van der Waals surface area (Å²) >= 11 is 1.18. The minimum Gasteiger partial charge on any atom is -0.481 e. The van der Waals surface area contributed by atoms with Crippen molar-refractivity contribution in [3.8, 4) is 0 Å². The van der Waals surface area contributed by atoms with E-state index in [0.717, 1.165) is 42.1 Å². The third-order valence-corrected chi connectivity index (χ3v) is 11.3. The number of amides is 3. The first-order valence-corrected chi connectivity index (χ1v) is 19.8. The van der Waals surface area contributed by atoms with Crippen LogP contribution in [0.1, 0.15) is 101 Å². The van der Waals surface area contributed by atoms with Gasteiger partial charge in [-0.15, -0.1) is 11.3 Å². The largest absolute Gasteiger partial charge is 0.481 e. The first kappa shape index (κ1) is 42.4. The zero-order valence-corrected chi connectivity index (χ0v) is 33.7. The molecule has 0 aliphatic carbocycles. The topological polar surface area (TPSA) is 158 Å². The summed E-state index contributed by atoms with van der Waals surface area (Å²) in [5.41, 5.74) is 1.09. The van der Waals surface area contributed by atoms with Crippen LogP contribution in [0.3, 0.4) is 0 Å². The van der Waals surface area contributed by atoms with Gasteiger partial charge in [0.2, 0.25) is 11.8 Å². The maximum absolute atomic E-state index is 14.1. The Morgan fingerprint density at radius 1 is 0.981 bits per heavy atom. The van der Waals surface area contributed by atoms with Gasteiger partial charge in [-0.2, -0.15) is 0 Å². The zero-order chi connectivity index (χ0) is 39.7. The maximum Gasteiger partial charge on any atom is 0.306 e. The van der Waals surface area contributed by atoms with Crippen molar-refractivity contribution >= 4 is 51.8 Å². The number of fused-ring (bicyclic) bond motifs is 1. The molecule has 1 fully saturated rings. The molecule has 0 spiro atoms. The first-order valence-electron chi connectivity index (χ1n) is 19.0. The van der Waals surface area contributed by atoms with Gasteiger partial charge in [-0.25, -0.2) is 4.98 Å². The predicted octanol–water partition coefficient (Wildman–Crippen LogP) is 5.85. The number of nitrogens with zero attached hydrogens (tertiary/aromatic N) is 3. The van der Waals surface area contributed by atoms with E-state index in [-0.39, 0.29) is 48.2 Å². The molecule has 12 nitrogen and oxygen atoms in total. The van der Waals surface area contributed by atoms with Crippen LogP contribution >= 0.6 is 11.3 Å². The summed E-state index contributed by atoms with van der Waals surface area (Å²) in [4.78, 5) is 73.5. The number of aliphatic carboxylic acids is 1. The maximum atomic E-state index is 14.1. The van der Waals surface area contributed by atoms with E-state index in [1.807, 2.05) is 82.1 Å². The third-order valence-electron chi connectivity index (χ3n) is 10.4. The predicted molar refractivity (Wildman–Crippen MR) is 210 cm³/mol. The van der Waals surface area contributed by atoms with Gasteiger partial charge in [0.1, 0.15) is 16.7 Å². The van der Waals surface area contributed by atoms with Crippen molar-refractivity contribution in [2.75, 3.05) is 20.6 Å². The second-order valence-corrected chi connectivity index (χ2v) is 16.3. The number of likely N-dealkylation sites (N-methyl/N-ethyl adjacent to an activating group) is 2. The van der Waals surface area contributed by atoms with Crippen molar-refractivity contribution < 1.29 is 33.8 Å². The number of piperidine rings is 1. The second-order valence-electron chi connectivity index (χ2n) is 15.4. The number of rotatable bonds is 17. The van der Waals surface area contributed by atoms with Gasteiger partial charge in [0.05, 0.1) is 12.0 Å². The van der Waals surface area contributed by atoms with E-state index in [9.17, 15) is 29.1 Å². The molecule has 1 saturated heterocycles. The fourth-order valence-electron chi connectivity index (χ4n) is 7.22. The highest BCUT2D eigenvalue weighted by molar-refractivity contribution is 7.09. The quantitative estimate of drug-likeness (QED) is 0.144. The highest BCUT2D eigenvalue weighted by Crippen LogP contribution is 2.31. The van der Waals surface area contributed by atoms with Gasteiger partial charge in [-0.1, -0.05) is 83.5 Å². The number of carbonyl (C=O) groups is 5. The van der Waals surface area contributed by atoms with Crippen molar-refractivity contribution in [3.63, 3.8) is 0 Å². The molecule has 1 aliphatic heterocycles. The molecule has 4 rings (SSSR count). The van der Waals surface area contributed by atoms with Gasteiger partial charge in [0.15, 0.2) is 6.10 Å². The Hall–Kier alpha value is -4.36. The molecule has 0 saturated carbocycles. The molecule has 294 valence electrons. The molecule has 3 amide bonds. The number of thiazole rings is 1. The van der Waals surface area contributed by atoms with E-state index in [1.165, 1.54) is 18.3 Å². The van der Waals surface area contributed by atoms with Gasteiger partial charge in [-0.3, -0.25) is 28.9 Å². The van der Waals surface area contributed by atoms with E-state index in [0.29, 0.717) is 11.4 Å². The van der Waals surface area contributed by atoms with Gasteiger partial charge in [-0.05, 0) is 67.4 Å². The second kappa shape index (κ2) is 19.3. The average Bonchev–Trinajstić information content (AvgIpc) is 3.62. The molecule has 13 heteroatoms. The Labute approximate surface area is 323 Å². The number of carboxylic acids is 1. The monoisotopic (exact) mass is 763 g/mol. The normalized spacial score (nSPS) is 17.7. The summed E-state index contributed by atoms with van der Waals surface area (Å²) in [6.07, 6.45) is 2.76. The van der Waals surface area contributed by atoms with Crippen LogP contribution in [0, 0.1) is 17.8 Å². The van der Waals surface area contributed by atoms with Crippen molar-refractivity contribution in [1.82, 2.24) is 25.4 Å². The summed E-state index contributed by atoms with van der Waals surface area (Å²) in [5.74, 6) is -3.24. The number of carbonyl (C=O) groups excluding carboxylic acids is 4. The zero-order valence-electron chi connectivity index (χ0n) is 32.8. The Kier molecular flexibility index (Phi) is 15.1. The lowest BCUT2D eigenvalue weighted by atomic mass is 9.94. The number of esters is 1. The standard InChI is InChI=1S/C41H57N5O7S/c1-24(2)34(46(8)40(50)36(25(3)4)44-38(49)33-15-11-12-18-45(33)7)22-35(53-27(6)47)39-43-32(23-54-39)37(48)42-31(19-26(5)41(51)52)21-28-16-17-29-13-9-10-14-30(29)20-28/h9-10,13-14,16-17,20,23-26,31,33-36H,11-12,15,18-19,21-22H2,1-8H3,(H,42,48)(H,44,49)(H,51,52). The van der Waals surface area contributed by atoms with Crippen LogP contribution in [-0.4, -0.2) is 94.4 Å². The van der Waals surface area contributed by atoms with Crippen molar-refractivity contribution in [2.24, 2.45) is 17.8 Å². The molecule has 2 aromatic carbocycles. The Morgan fingerprint density at radius 3 is 2.31 bits per heavy atom. The van der Waals surface area contributed by atoms with Crippen molar-refractivity contribution in [3.05, 3.63) is 64.1 Å². The molecular weight excluding hydrogens is 707 g/mol. The molecule has 0 radical (unpaired) electrons. The van der Waals surface area contributed by atoms with Crippen molar-refractivity contribution in [2.45, 2.75) is 110 Å². The molecule has 6 unspecified atom stereocenters. The molecule has 6 atom stereocenters. The fourth-order valence-corrected chi connectivity index (χ4v) is 8.06. The van der Waals surface area contributed by atoms with E-state index in [2.05, 4.69) is 15.6 Å². The lowest BCUT2D eigenvalue weighted by Gasteiger charge is -2.37. The Balaban J connectivity index is 1.51. The first-order chi connectivity index (χ1) is 25.5. The van der Waals surface area contributed by atoms with Crippen LogP contribution in [0.25, 0.3) is 10.8 Å². The SMILES string of the molecule is CC(=O)OC(CC(C(C)C)N(C)C(=O)C(NC(=O)C1CCCCN1C)C(C)C)c1nc(C(=O)NC(Cc2ccc3ccccc3c2)CC(C)C(=O)O)cs1. The smallest absolute Gasteiger partial charge is 0.306 e. The summed E-state index contributed by atoms with van der Waals surface area (Å²) in [7, 11) is 3.64. The van der Waals surface area contributed by atoms with Crippen LogP contribution in [-0.2, 0) is 30.3 Å². The minimum absolute atomic E-state index is 0.0557. The van der Waals surface area contributed by atoms with E-state index in [4.69, 9.17) is 4.74 Å². The number of benzene rings is 2. The lowest BCUT2D eigenvalue weighted by molar-refractivity contribution is -0.149. The molecule has 3 N–H and O–H groups in total. The Bertz CT molecular complexity index is 1780. The number of aromatic nitrogens is 1. The van der Waals surface area contributed by atoms with Crippen LogP contribution in [0.5, 0.6) is 0 Å². The highest BCUT2D eigenvalue weighted by atomic mass is 32.1. The molecular formula is C41H57N5O7S. The van der Waals surface area contributed by atoms with Crippen LogP contribution in [0.2, 0.25) is 0 Å². The molecule has 0 bridgehead atoms. The highest BCUT2D eigenvalue weighted by Gasteiger charge is 2.37. The lowest BCUT2D eigenvalue weighted by Crippen LogP contribution is -2.57. The van der Waals surface area contributed by atoms with Crippen LogP contribution in [0.15, 0.2) is 47.8 Å². The van der Waals surface area contributed by atoms with Crippen LogP contribution in [0.4, 0.5) is 0 Å². The summed E-state index contributed by atoms with van der Waals surface area (Å²) < 4.78 is 5.78. The third kappa shape index (κ3) is 11.3. The van der Waals surface area contributed by atoms with Gasteiger partial charge in [0, 0.05) is 37.9 Å². The number of hydrogen-bond donors (Lipinski definition) is 3. The molecule has 1 aromatic heterocycles. The summed E-state index contributed by atoms with van der Waals surface area (Å²) in [6.45, 7) is 11.5. The number of ether oxygens (including phenoxy) is 1. The van der Waals surface area contributed by atoms with Gasteiger partial charge >= 0.3 is 11.9 Å². The number of hydrogen-bond acceptors (Lipinski definition) is 9. The van der Waals surface area contributed by atoms with Crippen LogP contribution < -0.4 is 10.6 Å². The average molecular weight is 764 g/mol. The van der Waals surface area contributed by atoms with Gasteiger partial charge < -0.3 is 25.4 Å². The molecule has 2 heterocycles. The van der Waals surface area contributed by atoms with Gasteiger partial charge in [0.25, 0.3) is 5.91 Å². The minimum atomic E-state index is -0.949. The van der Waals surface area contributed by atoms with Crippen molar-refractivity contribution in [1.29, 1.82) is 0 Å². The fraction of sp³-hybridized carbons (Fsp3) is 0.561. The number of likely N-dealkylation sites (tertiary alicyclic amines) is 1. The number of nitrogens with one attached hydrogen (secondary N) is 2. The molecule has 54 heavy (non-hydrogen) atoms. The summed E-state index contributed by atoms with van der Waals surface area (Å²) in [6, 6.07) is 12.1.